The van der Waals surface area contributed by atoms with Crippen molar-refractivity contribution in [1.29, 1.82) is 0 Å². The van der Waals surface area contributed by atoms with Gasteiger partial charge in [0, 0.05) is 5.56 Å². The number of nitrogens with two attached hydrogens (primary N) is 1. The Balaban J connectivity index is 2.17. The van der Waals surface area contributed by atoms with Gasteiger partial charge in [0.15, 0.2) is 11.6 Å². The highest BCUT2D eigenvalue weighted by Gasteiger charge is 2.12. The van der Waals surface area contributed by atoms with Gasteiger partial charge in [-0.1, -0.05) is 18.2 Å². The number of ether oxygens (including phenoxy) is 1. The Kier molecular flexibility index (Phi) is 4.01. The van der Waals surface area contributed by atoms with Gasteiger partial charge in [0.2, 0.25) is 10.0 Å². The van der Waals surface area contributed by atoms with Gasteiger partial charge in [0.1, 0.15) is 12.4 Å². The van der Waals surface area contributed by atoms with E-state index in [-0.39, 0.29) is 22.8 Å². The fraction of sp³-hybridized carbons (Fsp3) is 0.0769. The molecule has 7 heteroatoms. The Hall–Kier alpha value is -1.99. The van der Waals surface area contributed by atoms with Gasteiger partial charge in [0.25, 0.3) is 0 Å². The molecule has 0 fully saturated rings. The van der Waals surface area contributed by atoms with Crippen molar-refractivity contribution in [2.24, 2.45) is 5.14 Å². The second kappa shape index (κ2) is 5.56. The highest BCUT2D eigenvalue weighted by atomic mass is 32.2. The third-order valence-corrected chi connectivity index (χ3v) is 3.48. The lowest BCUT2D eigenvalue weighted by molar-refractivity contribution is 0.284. The van der Waals surface area contributed by atoms with Gasteiger partial charge in [-0.05, 0) is 24.3 Å². The molecule has 2 N–H and O–H groups in total. The van der Waals surface area contributed by atoms with Crippen molar-refractivity contribution in [3.63, 3.8) is 0 Å². The molecule has 0 heterocycles. The van der Waals surface area contributed by atoms with Crippen LogP contribution in [0.15, 0.2) is 47.4 Å². The van der Waals surface area contributed by atoms with Crippen LogP contribution in [-0.2, 0) is 16.6 Å². The predicted octanol–water partition coefficient (Wildman–Crippen LogP) is 2.19. The molecule has 0 aliphatic carbocycles. The van der Waals surface area contributed by atoms with E-state index < -0.39 is 21.7 Å². The van der Waals surface area contributed by atoms with E-state index in [1.165, 1.54) is 18.2 Å². The molecule has 0 radical (unpaired) electrons. The molecular weight excluding hydrogens is 288 g/mol. The topological polar surface area (TPSA) is 69.4 Å². The van der Waals surface area contributed by atoms with Crippen molar-refractivity contribution in [3.05, 3.63) is 59.7 Å². The molecule has 0 bridgehead atoms. The third-order valence-electron chi connectivity index (χ3n) is 2.57. The van der Waals surface area contributed by atoms with Crippen LogP contribution in [0.4, 0.5) is 8.78 Å². The smallest absolute Gasteiger partial charge is 0.238 e. The normalized spacial score (nSPS) is 11.3. The first-order valence-electron chi connectivity index (χ1n) is 5.56. The molecule has 2 aromatic rings. The molecule has 0 unspecified atom stereocenters. The Morgan fingerprint density at radius 2 is 1.75 bits per heavy atom. The van der Waals surface area contributed by atoms with E-state index in [0.29, 0.717) is 0 Å². The van der Waals surface area contributed by atoms with E-state index in [1.807, 2.05) is 0 Å². The van der Waals surface area contributed by atoms with Crippen molar-refractivity contribution < 1.29 is 21.9 Å². The molecule has 0 amide bonds. The molecule has 0 aromatic heterocycles. The minimum absolute atomic E-state index is 0.168. The molecule has 0 aliphatic rings. The lowest BCUT2D eigenvalue weighted by Crippen LogP contribution is -2.12. The summed E-state index contributed by atoms with van der Waals surface area (Å²) in [6.07, 6.45) is 0. The van der Waals surface area contributed by atoms with Crippen molar-refractivity contribution in [2.75, 3.05) is 0 Å². The van der Waals surface area contributed by atoms with Crippen LogP contribution in [0.3, 0.4) is 0 Å². The van der Waals surface area contributed by atoms with E-state index in [2.05, 4.69) is 0 Å². The van der Waals surface area contributed by atoms with Gasteiger partial charge >= 0.3 is 0 Å². The molecule has 0 spiro atoms. The summed E-state index contributed by atoms with van der Waals surface area (Å²) < 4.78 is 54.2. The number of rotatable bonds is 4. The zero-order chi connectivity index (χ0) is 14.8. The maximum Gasteiger partial charge on any atom is 0.238 e. The Morgan fingerprint density at radius 1 is 1.05 bits per heavy atom. The predicted molar refractivity (Wildman–Crippen MR) is 68.5 cm³/mol. The fourth-order valence-corrected chi connectivity index (χ4v) is 2.07. The van der Waals surface area contributed by atoms with E-state index in [9.17, 15) is 17.2 Å². The summed E-state index contributed by atoms with van der Waals surface area (Å²) in [7, 11) is -3.97. The summed E-state index contributed by atoms with van der Waals surface area (Å²) in [6.45, 7) is -0.168. The summed E-state index contributed by atoms with van der Waals surface area (Å²) in [5.74, 6) is -1.53. The van der Waals surface area contributed by atoms with Gasteiger partial charge in [-0.2, -0.15) is 0 Å². The van der Waals surface area contributed by atoms with E-state index in [1.54, 1.807) is 6.07 Å². The Morgan fingerprint density at radius 3 is 2.35 bits per heavy atom. The number of sulfonamides is 1. The molecule has 106 valence electrons. The summed E-state index contributed by atoms with van der Waals surface area (Å²) >= 11 is 0. The van der Waals surface area contributed by atoms with Crippen LogP contribution in [0.2, 0.25) is 0 Å². The molecule has 0 saturated carbocycles. The van der Waals surface area contributed by atoms with Gasteiger partial charge < -0.3 is 4.74 Å². The van der Waals surface area contributed by atoms with Gasteiger partial charge in [0.05, 0.1) is 4.90 Å². The lowest BCUT2D eigenvalue weighted by atomic mass is 10.2. The molecule has 4 nitrogen and oxygen atoms in total. The van der Waals surface area contributed by atoms with Crippen LogP contribution in [0.1, 0.15) is 5.56 Å². The van der Waals surface area contributed by atoms with Crippen molar-refractivity contribution in [3.8, 4) is 5.75 Å². The minimum atomic E-state index is -3.97. The summed E-state index contributed by atoms with van der Waals surface area (Å²) in [6, 6.07) is 8.94. The fourth-order valence-electron chi connectivity index (χ4n) is 1.55. The first-order valence-corrected chi connectivity index (χ1v) is 7.11. The Labute approximate surface area is 114 Å². The Bertz CT molecular complexity index is 732. The maximum atomic E-state index is 13.6. The van der Waals surface area contributed by atoms with Crippen molar-refractivity contribution in [2.45, 2.75) is 11.5 Å². The average molecular weight is 299 g/mol. The van der Waals surface area contributed by atoms with Gasteiger partial charge in [-0.15, -0.1) is 0 Å². The van der Waals surface area contributed by atoms with E-state index in [0.717, 1.165) is 18.2 Å². The van der Waals surface area contributed by atoms with Crippen LogP contribution in [-0.4, -0.2) is 8.42 Å². The largest absolute Gasteiger partial charge is 0.486 e. The van der Waals surface area contributed by atoms with Gasteiger partial charge in [-0.3, -0.25) is 0 Å². The number of hydrogen-bond acceptors (Lipinski definition) is 3. The SMILES string of the molecule is NS(=O)(=O)c1ccc(OCc2ccccc2F)c(F)c1. The molecule has 2 rings (SSSR count). The van der Waals surface area contributed by atoms with Crippen LogP contribution in [0.5, 0.6) is 5.75 Å². The standard InChI is InChI=1S/C13H11F2NO3S/c14-11-4-2-1-3-9(11)8-19-13-6-5-10(7-12(13)15)20(16,17)18/h1-7H,8H2,(H2,16,17,18). The highest BCUT2D eigenvalue weighted by molar-refractivity contribution is 7.89. The third kappa shape index (κ3) is 3.31. The van der Waals surface area contributed by atoms with E-state index in [4.69, 9.17) is 9.88 Å². The monoisotopic (exact) mass is 299 g/mol. The zero-order valence-corrected chi connectivity index (χ0v) is 11.0. The number of halogens is 2. The van der Waals surface area contributed by atoms with Crippen LogP contribution in [0, 0.1) is 11.6 Å². The van der Waals surface area contributed by atoms with Gasteiger partial charge in [-0.25, -0.2) is 22.3 Å². The summed E-state index contributed by atoms with van der Waals surface area (Å²) in [4.78, 5) is -0.353. The number of primary sulfonamides is 1. The second-order valence-electron chi connectivity index (χ2n) is 4.02. The zero-order valence-electron chi connectivity index (χ0n) is 10.2. The molecule has 0 saturated heterocycles. The molecular formula is C13H11F2NO3S. The van der Waals surface area contributed by atoms with Crippen LogP contribution >= 0.6 is 0 Å². The average Bonchev–Trinajstić information content (AvgIpc) is 2.38. The minimum Gasteiger partial charge on any atom is -0.486 e. The molecule has 2 aromatic carbocycles. The summed E-state index contributed by atoms with van der Waals surface area (Å²) in [5, 5.41) is 4.88. The number of hydrogen-bond donors (Lipinski definition) is 1. The highest BCUT2D eigenvalue weighted by Crippen LogP contribution is 2.21. The number of benzene rings is 2. The second-order valence-corrected chi connectivity index (χ2v) is 5.58. The van der Waals surface area contributed by atoms with Crippen LogP contribution < -0.4 is 9.88 Å². The first kappa shape index (κ1) is 14.4. The lowest BCUT2D eigenvalue weighted by Gasteiger charge is -2.08. The van der Waals surface area contributed by atoms with Crippen molar-refractivity contribution in [1.82, 2.24) is 0 Å². The maximum absolute atomic E-state index is 13.6. The van der Waals surface area contributed by atoms with Crippen molar-refractivity contribution >= 4 is 10.0 Å². The molecule has 0 aliphatic heterocycles. The molecule has 20 heavy (non-hydrogen) atoms. The van der Waals surface area contributed by atoms with Crippen LogP contribution in [0.25, 0.3) is 0 Å². The van der Waals surface area contributed by atoms with E-state index >= 15 is 0 Å². The first-order chi connectivity index (χ1) is 9.38. The quantitative estimate of drug-likeness (QED) is 0.941. The summed E-state index contributed by atoms with van der Waals surface area (Å²) in [5.41, 5.74) is 0.266. The molecule has 0 atom stereocenters.